The van der Waals surface area contributed by atoms with Gasteiger partial charge in [0.15, 0.2) is 0 Å². The van der Waals surface area contributed by atoms with E-state index >= 15 is 0 Å². The Balaban J connectivity index is 1.01. The van der Waals surface area contributed by atoms with E-state index in [-0.39, 0.29) is 102 Å². The Morgan fingerprint density at radius 3 is 0.697 bits per heavy atom. The Morgan fingerprint density at radius 2 is 0.455 bits per heavy atom. The molecule has 1 aliphatic heterocycles. The number of rotatable bonds is 0. The Bertz CT molecular complexity index is 2220. The van der Waals surface area contributed by atoms with Crippen molar-refractivity contribution < 1.29 is 66.5 Å². The SMILES string of the molecule is O=C1OCCOCCOC(=O)c2ccccc2OCc2ccccc2COc2ccccc2C(=O)OCCOCCOC(=O)c2ccccc2OCc2ccccc2COc2ccccc21. The Hall–Kier alpha value is -7.68. The molecule has 14 nitrogen and oxygen atoms in total. The molecule has 7 rings (SSSR count). The highest BCUT2D eigenvalue weighted by Crippen LogP contribution is 2.26. The first kappa shape index (κ1) is 46.3. The van der Waals surface area contributed by atoms with Crippen LogP contribution in [0.3, 0.4) is 0 Å². The fourth-order valence-corrected chi connectivity index (χ4v) is 6.63. The molecular formula is C52H48O14. The number of carbonyl (C=O) groups excluding carboxylic acids is 4. The third-order valence-electron chi connectivity index (χ3n) is 10.0. The fourth-order valence-electron chi connectivity index (χ4n) is 6.63. The molecule has 340 valence electrons. The molecule has 0 atom stereocenters. The maximum atomic E-state index is 13.1. The van der Waals surface area contributed by atoms with Crippen LogP contribution in [0.4, 0.5) is 0 Å². The number of ether oxygens (including phenoxy) is 10. The van der Waals surface area contributed by atoms with E-state index < -0.39 is 23.9 Å². The number of hydrogen-bond acceptors (Lipinski definition) is 14. The Labute approximate surface area is 381 Å². The number of carbonyl (C=O) groups is 4. The summed E-state index contributed by atoms with van der Waals surface area (Å²) in [5, 5.41) is 0. The Morgan fingerprint density at radius 1 is 0.242 bits per heavy atom. The van der Waals surface area contributed by atoms with Crippen LogP contribution in [0.25, 0.3) is 0 Å². The predicted octanol–water partition coefficient (Wildman–Crippen LogP) is 8.38. The molecule has 0 N–H and O–H groups in total. The van der Waals surface area contributed by atoms with E-state index in [9.17, 15) is 19.2 Å². The minimum absolute atomic E-state index is 0.0493. The molecule has 0 bridgehead atoms. The quantitative estimate of drug-likeness (QED) is 0.106. The Kier molecular flexibility index (Phi) is 17.1. The summed E-state index contributed by atoms with van der Waals surface area (Å²) in [7, 11) is 0. The normalized spacial score (nSPS) is 15.5. The lowest BCUT2D eigenvalue weighted by Gasteiger charge is -2.16. The van der Waals surface area contributed by atoms with Crippen LogP contribution >= 0.6 is 0 Å². The number of fused-ring (bicyclic) bond motifs is 6. The van der Waals surface area contributed by atoms with Crippen molar-refractivity contribution in [1.82, 2.24) is 0 Å². The van der Waals surface area contributed by atoms with E-state index in [2.05, 4.69) is 0 Å². The van der Waals surface area contributed by atoms with Crippen molar-refractivity contribution in [3.05, 3.63) is 190 Å². The average Bonchev–Trinajstić information content (AvgIpc) is 3.35. The van der Waals surface area contributed by atoms with Crippen LogP contribution in [-0.2, 0) is 54.8 Å². The van der Waals surface area contributed by atoms with Gasteiger partial charge in [-0.05, 0) is 70.8 Å². The minimum atomic E-state index is -0.593. The first-order valence-electron chi connectivity index (χ1n) is 21.3. The van der Waals surface area contributed by atoms with Crippen molar-refractivity contribution in [1.29, 1.82) is 0 Å². The van der Waals surface area contributed by atoms with E-state index in [0.717, 1.165) is 22.3 Å². The van der Waals surface area contributed by atoms with Crippen molar-refractivity contribution in [2.45, 2.75) is 26.4 Å². The molecule has 0 aliphatic carbocycles. The molecular weight excluding hydrogens is 849 g/mol. The summed E-state index contributed by atoms with van der Waals surface area (Å²) in [5.41, 5.74) is 4.13. The second-order valence-corrected chi connectivity index (χ2v) is 14.4. The van der Waals surface area contributed by atoms with Gasteiger partial charge in [0.2, 0.25) is 0 Å². The van der Waals surface area contributed by atoms with E-state index in [0.29, 0.717) is 23.0 Å². The zero-order valence-electron chi connectivity index (χ0n) is 36.1. The maximum absolute atomic E-state index is 13.1. The van der Waals surface area contributed by atoms with Gasteiger partial charge >= 0.3 is 23.9 Å². The molecule has 0 fully saturated rings. The number of para-hydroxylation sites is 4. The summed E-state index contributed by atoms with van der Waals surface area (Å²) >= 11 is 0. The van der Waals surface area contributed by atoms with Crippen LogP contribution in [-0.4, -0.2) is 76.7 Å². The lowest BCUT2D eigenvalue weighted by Crippen LogP contribution is -2.16. The molecule has 6 aromatic rings. The van der Waals surface area contributed by atoms with Gasteiger partial charge in [-0.25, -0.2) is 19.2 Å². The van der Waals surface area contributed by atoms with Crippen LogP contribution in [0.2, 0.25) is 0 Å². The third kappa shape index (κ3) is 13.2. The predicted molar refractivity (Wildman–Crippen MR) is 239 cm³/mol. The van der Waals surface area contributed by atoms with Gasteiger partial charge in [0.05, 0.1) is 26.4 Å². The molecule has 1 aliphatic rings. The summed E-state index contributed by atoms with van der Waals surface area (Å²) in [6.45, 7) is 0.502. The maximum Gasteiger partial charge on any atom is 0.342 e. The molecule has 0 radical (unpaired) electrons. The van der Waals surface area contributed by atoms with Crippen molar-refractivity contribution >= 4 is 23.9 Å². The highest BCUT2D eigenvalue weighted by Gasteiger charge is 2.19. The molecule has 14 heteroatoms. The van der Waals surface area contributed by atoms with Crippen molar-refractivity contribution in [2.75, 3.05) is 52.9 Å². The van der Waals surface area contributed by atoms with E-state index in [1.807, 2.05) is 48.5 Å². The van der Waals surface area contributed by atoms with Gasteiger partial charge in [-0.3, -0.25) is 0 Å². The van der Waals surface area contributed by atoms with Gasteiger partial charge in [0, 0.05) is 0 Å². The first-order valence-corrected chi connectivity index (χ1v) is 21.3. The fraction of sp³-hybridized carbons (Fsp3) is 0.231. The van der Waals surface area contributed by atoms with E-state index in [1.54, 1.807) is 97.1 Å². The lowest BCUT2D eigenvalue weighted by molar-refractivity contribution is 0.0138. The zero-order valence-corrected chi connectivity index (χ0v) is 36.1. The monoisotopic (exact) mass is 896 g/mol. The van der Waals surface area contributed by atoms with Gasteiger partial charge in [0.25, 0.3) is 0 Å². The summed E-state index contributed by atoms with van der Waals surface area (Å²) in [6, 6.07) is 42.0. The summed E-state index contributed by atoms with van der Waals surface area (Å²) < 4.78 is 57.6. The minimum Gasteiger partial charge on any atom is -0.488 e. The van der Waals surface area contributed by atoms with Crippen molar-refractivity contribution in [3.63, 3.8) is 0 Å². The zero-order chi connectivity index (χ0) is 45.8. The van der Waals surface area contributed by atoms with Gasteiger partial charge in [0.1, 0.15) is 98.1 Å². The van der Waals surface area contributed by atoms with E-state index in [4.69, 9.17) is 47.4 Å². The number of benzene rings is 6. The standard InChI is InChI=1S/C52H48O14/c53-49-41-17-5-9-21-45(41)63-33-37-13-1-2-14-38(37)34-64-46-22-10-6-18-42(46)50(54)60-30-26-58-28-32-62-52(56)44-20-8-12-24-48(44)66-36-40-16-4-3-15-39(40)35-65-47-23-11-7-19-43(47)51(55)61-31-27-57-25-29-59-49/h1-24H,25-36H2. The number of cyclic esters (lactones) is 4. The molecule has 0 saturated heterocycles. The van der Waals surface area contributed by atoms with Crippen LogP contribution < -0.4 is 18.9 Å². The van der Waals surface area contributed by atoms with Gasteiger partial charge < -0.3 is 47.4 Å². The van der Waals surface area contributed by atoms with Gasteiger partial charge in [-0.1, -0.05) is 97.1 Å². The van der Waals surface area contributed by atoms with Crippen LogP contribution in [0.1, 0.15) is 63.7 Å². The van der Waals surface area contributed by atoms with Gasteiger partial charge in [-0.2, -0.15) is 0 Å². The summed E-state index contributed by atoms with van der Waals surface area (Å²) in [6.07, 6.45) is 0. The molecule has 0 spiro atoms. The molecule has 6 aromatic carbocycles. The van der Waals surface area contributed by atoms with E-state index in [1.165, 1.54) is 0 Å². The smallest absolute Gasteiger partial charge is 0.342 e. The molecule has 66 heavy (non-hydrogen) atoms. The highest BCUT2D eigenvalue weighted by molar-refractivity contribution is 5.94. The molecule has 0 unspecified atom stereocenters. The number of esters is 4. The third-order valence-corrected chi connectivity index (χ3v) is 10.0. The topological polar surface area (TPSA) is 161 Å². The molecule has 0 amide bonds. The summed E-state index contributed by atoms with van der Waals surface area (Å²) in [5.74, 6) is -1.07. The average molecular weight is 897 g/mol. The number of hydrogen-bond donors (Lipinski definition) is 0. The summed E-state index contributed by atoms with van der Waals surface area (Å²) in [4.78, 5) is 52.5. The largest absolute Gasteiger partial charge is 0.488 e. The van der Waals surface area contributed by atoms with Crippen molar-refractivity contribution in [2.24, 2.45) is 0 Å². The second-order valence-electron chi connectivity index (χ2n) is 14.4. The van der Waals surface area contributed by atoms with Crippen LogP contribution in [0.15, 0.2) is 146 Å². The molecule has 1 heterocycles. The van der Waals surface area contributed by atoms with Crippen LogP contribution in [0, 0.1) is 0 Å². The lowest BCUT2D eigenvalue weighted by atomic mass is 10.1. The highest BCUT2D eigenvalue weighted by atomic mass is 16.6. The van der Waals surface area contributed by atoms with Crippen molar-refractivity contribution in [3.8, 4) is 23.0 Å². The molecule has 0 saturated carbocycles. The molecule has 0 aromatic heterocycles. The second kappa shape index (κ2) is 24.4. The van der Waals surface area contributed by atoms with Crippen LogP contribution in [0.5, 0.6) is 23.0 Å². The first-order chi connectivity index (χ1) is 32.4. The van der Waals surface area contributed by atoms with Gasteiger partial charge in [-0.15, -0.1) is 0 Å².